The average molecular weight is 291 g/mol. The second-order valence-corrected chi connectivity index (χ2v) is 6.47. The first-order valence-electron chi connectivity index (χ1n) is 8.12. The van der Waals surface area contributed by atoms with E-state index in [1.54, 1.807) is 0 Å². The number of rotatable bonds is 7. The highest BCUT2D eigenvalue weighted by atomic mass is 16.3. The Morgan fingerprint density at radius 3 is 2.81 bits per heavy atom. The summed E-state index contributed by atoms with van der Waals surface area (Å²) in [4.78, 5) is 8.93. The van der Waals surface area contributed by atoms with Crippen molar-refractivity contribution in [2.45, 2.75) is 32.3 Å². The van der Waals surface area contributed by atoms with Gasteiger partial charge in [0.1, 0.15) is 0 Å². The molecule has 2 rings (SSSR count). The van der Waals surface area contributed by atoms with Gasteiger partial charge in [-0.15, -0.1) is 0 Å². The number of likely N-dealkylation sites (tertiary alicyclic amines) is 1. The van der Waals surface area contributed by atoms with Gasteiger partial charge < -0.3 is 14.9 Å². The van der Waals surface area contributed by atoms with E-state index < -0.39 is 0 Å². The van der Waals surface area contributed by atoms with Gasteiger partial charge in [0.2, 0.25) is 0 Å². The molecule has 1 aliphatic rings. The predicted octanol–water partition coefficient (Wildman–Crippen LogP) is 1.65. The molecule has 1 atom stereocenters. The largest absolute Gasteiger partial charge is 0.390 e. The molecule has 0 saturated carbocycles. The Morgan fingerprint density at radius 2 is 2.14 bits per heavy atom. The number of piperidine rings is 1. The fourth-order valence-corrected chi connectivity index (χ4v) is 2.90. The van der Waals surface area contributed by atoms with Crippen LogP contribution in [0.2, 0.25) is 0 Å². The highest BCUT2D eigenvalue weighted by Gasteiger charge is 2.18. The van der Waals surface area contributed by atoms with Crippen molar-refractivity contribution in [3.63, 3.8) is 0 Å². The Hall–Kier alpha value is -0.970. The summed E-state index contributed by atoms with van der Waals surface area (Å²) in [5.41, 5.74) is 1.11. The molecule has 0 amide bonds. The van der Waals surface area contributed by atoms with E-state index in [0.29, 0.717) is 0 Å². The van der Waals surface area contributed by atoms with Gasteiger partial charge in [0, 0.05) is 37.9 Å². The molecule has 4 heteroatoms. The molecule has 1 aromatic heterocycles. The van der Waals surface area contributed by atoms with Crippen LogP contribution in [-0.2, 0) is 6.42 Å². The maximum Gasteiger partial charge on any atom is 0.0793 e. The molecule has 1 unspecified atom stereocenters. The van der Waals surface area contributed by atoms with E-state index >= 15 is 0 Å². The molecule has 0 spiro atoms. The average Bonchev–Trinajstić information content (AvgIpc) is 2.48. The zero-order valence-corrected chi connectivity index (χ0v) is 13.4. The van der Waals surface area contributed by atoms with Crippen LogP contribution in [0, 0.1) is 5.92 Å². The zero-order valence-electron chi connectivity index (χ0n) is 13.4. The van der Waals surface area contributed by atoms with Gasteiger partial charge in [0.25, 0.3) is 0 Å². The summed E-state index contributed by atoms with van der Waals surface area (Å²) in [5, 5.41) is 10.2. The van der Waals surface area contributed by atoms with Gasteiger partial charge in [0.15, 0.2) is 0 Å². The van der Waals surface area contributed by atoms with Crippen molar-refractivity contribution in [2.75, 3.05) is 39.8 Å². The van der Waals surface area contributed by atoms with Crippen molar-refractivity contribution in [2.24, 2.45) is 5.92 Å². The summed E-state index contributed by atoms with van der Waals surface area (Å²) in [7, 11) is 2.07. The molecule has 0 aliphatic carbocycles. The molecule has 21 heavy (non-hydrogen) atoms. The Labute approximate surface area is 128 Å². The molecule has 118 valence electrons. The second-order valence-electron chi connectivity index (χ2n) is 6.47. The lowest BCUT2D eigenvalue weighted by Crippen LogP contribution is -2.42. The number of aliphatic hydroxyl groups excluding tert-OH is 1. The molecule has 2 heterocycles. The first-order valence-corrected chi connectivity index (χ1v) is 8.12. The summed E-state index contributed by atoms with van der Waals surface area (Å²) in [6.45, 7) is 7.07. The lowest BCUT2D eigenvalue weighted by Gasteiger charge is -2.32. The predicted molar refractivity (Wildman–Crippen MR) is 86.3 cm³/mol. The van der Waals surface area contributed by atoms with Crippen LogP contribution in [-0.4, -0.2) is 65.8 Å². The molecule has 0 radical (unpaired) electrons. The van der Waals surface area contributed by atoms with Crippen molar-refractivity contribution in [1.29, 1.82) is 0 Å². The Kier molecular flexibility index (Phi) is 6.61. The molecule has 1 fully saturated rings. The van der Waals surface area contributed by atoms with E-state index in [4.69, 9.17) is 0 Å². The van der Waals surface area contributed by atoms with Gasteiger partial charge in [-0.05, 0) is 51.0 Å². The Bertz CT molecular complexity index is 390. The minimum absolute atomic E-state index is 0.257. The molecule has 1 aromatic rings. The summed E-state index contributed by atoms with van der Waals surface area (Å²) < 4.78 is 0. The molecule has 4 nitrogen and oxygen atoms in total. The number of aromatic nitrogens is 1. The SMILES string of the molecule is CC1CCN(CC(O)CN(C)CCc2ccccn2)CC1. The van der Waals surface area contributed by atoms with Crippen LogP contribution in [0.1, 0.15) is 25.5 Å². The van der Waals surface area contributed by atoms with Gasteiger partial charge in [-0.3, -0.25) is 4.98 Å². The maximum absolute atomic E-state index is 10.2. The van der Waals surface area contributed by atoms with Gasteiger partial charge in [-0.1, -0.05) is 13.0 Å². The second kappa shape index (κ2) is 8.47. The van der Waals surface area contributed by atoms with Crippen molar-refractivity contribution in [3.8, 4) is 0 Å². The van der Waals surface area contributed by atoms with Gasteiger partial charge in [-0.2, -0.15) is 0 Å². The fourth-order valence-electron chi connectivity index (χ4n) is 2.90. The van der Waals surface area contributed by atoms with E-state index in [1.165, 1.54) is 12.8 Å². The van der Waals surface area contributed by atoms with E-state index in [1.807, 2.05) is 18.3 Å². The highest BCUT2D eigenvalue weighted by molar-refractivity contribution is 5.03. The van der Waals surface area contributed by atoms with Crippen LogP contribution < -0.4 is 0 Å². The molecule has 0 bridgehead atoms. The number of pyridine rings is 1. The lowest BCUT2D eigenvalue weighted by molar-refractivity contribution is 0.0680. The minimum Gasteiger partial charge on any atom is -0.390 e. The smallest absolute Gasteiger partial charge is 0.0793 e. The topological polar surface area (TPSA) is 39.6 Å². The van der Waals surface area contributed by atoms with E-state index in [0.717, 1.165) is 50.8 Å². The number of hydrogen-bond acceptors (Lipinski definition) is 4. The number of likely N-dealkylation sites (N-methyl/N-ethyl adjacent to an activating group) is 1. The number of nitrogens with zero attached hydrogens (tertiary/aromatic N) is 3. The summed E-state index contributed by atoms with van der Waals surface area (Å²) >= 11 is 0. The summed E-state index contributed by atoms with van der Waals surface area (Å²) in [6, 6.07) is 6.02. The van der Waals surface area contributed by atoms with Crippen LogP contribution in [0.5, 0.6) is 0 Å². The third-order valence-electron chi connectivity index (χ3n) is 4.34. The highest BCUT2D eigenvalue weighted by Crippen LogP contribution is 2.16. The molecular formula is C17H29N3O. The minimum atomic E-state index is -0.257. The fraction of sp³-hybridized carbons (Fsp3) is 0.706. The first kappa shape index (κ1) is 16.4. The molecular weight excluding hydrogens is 262 g/mol. The normalized spacial score (nSPS) is 19.0. The number of hydrogen-bond donors (Lipinski definition) is 1. The third-order valence-corrected chi connectivity index (χ3v) is 4.34. The monoisotopic (exact) mass is 291 g/mol. The zero-order chi connectivity index (χ0) is 15.1. The Morgan fingerprint density at radius 1 is 1.38 bits per heavy atom. The van der Waals surface area contributed by atoms with E-state index in [2.05, 4.69) is 34.8 Å². The number of aliphatic hydroxyl groups is 1. The maximum atomic E-state index is 10.2. The van der Waals surface area contributed by atoms with E-state index in [-0.39, 0.29) is 6.10 Å². The van der Waals surface area contributed by atoms with Crippen molar-refractivity contribution in [3.05, 3.63) is 30.1 Å². The summed E-state index contributed by atoms with van der Waals surface area (Å²) in [5.74, 6) is 0.847. The van der Waals surface area contributed by atoms with Crippen LogP contribution >= 0.6 is 0 Å². The molecule has 0 aromatic carbocycles. The van der Waals surface area contributed by atoms with Crippen molar-refractivity contribution < 1.29 is 5.11 Å². The molecule has 1 N–H and O–H groups in total. The van der Waals surface area contributed by atoms with Crippen LogP contribution in [0.4, 0.5) is 0 Å². The van der Waals surface area contributed by atoms with E-state index in [9.17, 15) is 5.11 Å². The van der Waals surface area contributed by atoms with Gasteiger partial charge in [-0.25, -0.2) is 0 Å². The third kappa shape index (κ3) is 6.12. The molecule has 1 saturated heterocycles. The summed E-state index contributed by atoms with van der Waals surface area (Å²) in [6.07, 6.45) is 5.05. The lowest BCUT2D eigenvalue weighted by atomic mass is 9.99. The standard InChI is InChI=1S/C17H29N3O/c1-15-6-11-20(12-7-15)14-17(21)13-19(2)10-8-16-5-3-4-9-18-16/h3-5,9,15,17,21H,6-8,10-14H2,1-2H3. The quantitative estimate of drug-likeness (QED) is 0.829. The van der Waals surface area contributed by atoms with Crippen molar-refractivity contribution in [1.82, 2.24) is 14.8 Å². The van der Waals surface area contributed by atoms with Crippen molar-refractivity contribution >= 4 is 0 Å². The molecule has 1 aliphatic heterocycles. The van der Waals surface area contributed by atoms with Gasteiger partial charge >= 0.3 is 0 Å². The van der Waals surface area contributed by atoms with Crippen LogP contribution in [0.15, 0.2) is 24.4 Å². The first-order chi connectivity index (χ1) is 10.1. The van der Waals surface area contributed by atoms with Crippen LogP contribution in [0.25, 0.3) is 0 Å². The Balaban J connectivity index is 1.64. The number of β-amino-alcohol motifs (C(OH)–C–C–N with tert-alkyl or cyclic N) is 1. The van der Waals surface area contributed by atoms with Gasteiger partial charge in [0.05, 0.1) is 6.10 Å². The van der Waals surface area contributed by atoms with Crippen LogP contribution in [0.3, 0.4) is 0 Å².